The summed E-state index contributed by atoms with van der Waals surface area (Å²) in [4.78, 5) is 28.3. The van der Waals surface area contributed by atoms with Crippen LogP contribution < -0.4 is 0 Å². The van der Waals surface area contributed by atoms with Crippen molar-refractivity contribution in [2.45, 2.75) is 25.7 Å². The Labute approximate surface area is 144 Å². The number of ketones is 1. The third-order valence-electron chi connectivity index (χ3n) is 4.75. The van der Waals surface area contributed by atoms with Gasteiger partial charge in [-0.15, -0.1) is 0 Å². The van der Waals surface area contributed by atoms with E-state index >= 15 is 0 Å². The number of fused-ring (bicyclic) bond motifs is 3. The van der Waals surface area contributed by atoms with Crippen LogP contribution in [-0.2, 0) is 12.8 Å². The molecule has 0 N–H and O–H groups in total. The summed E-state index contributed by atoms with van der Waals surface area (Å²) < 4.78 is 0. The number of nitro groups is 1. The normalized spacial score (nSPS) is 13.4. The molecule has 0 radical (unpaired) electrons. The minimum absolute atomic E-state index is 0.0595. The van der Waals surface area contributed by atoms with Gasteiger partial charge in [0.15, 0.2) is 0 Å². The summed E-state index contributed by atoms with van der Waals surface area (Å²) in [6.45, 7) is 0. The molecule has 0 atom stereocenters. The summed E-state index contributed by atoms with van der Waals surface area (Å²) in [6, 6.07) is 13.8. The molecular weight excluding hydrogens is 316 g/mol. The molecule has 0 fully saturated rings. The lowest BCUT2D eigenvalue weighted by molar-refractivity contribution is -0.384. The number of non-ortho nitro benzene ring substituents is 1. The first-order valence-electron chi connectivity index (χ1n) is 8.35. The van der Waals surface area contributed by atoms with Gasteiger partial charge in [0.1, 0.15) is 5.69 Å². The lowest BCUT2D eigenvalue weighted by Crippen LogP contribution is -2.14. The lowest BCUT2D eigenvalue weighted by atomic mass is 9.86. The number of hydrogen-bond donors (Lipinski definition) is 0. The van der Waals surface area contributed by atoms with E-state index in [2.05, 4.69) is 4.98 Å². The smallest absolute Gasteiger partial charge is 0.270 e. The number of pyridine rings is 1. The molecule has 0 aliphatic heterocycles. The van der Waals surface area contributed by atoms with E-state index in [1.807, 2.05) is 18.2 Å². The largest absolute Gasteiger partial charge is 0.287 e. The highest BCUT2D eigenvalue weighted by molar-refractivity contribution is 6.10. The molecule has 0 unspecified atom stereocenters. The summed E-state index contributed by atoms with van der Waals surface area (Å²) in [5.41, 5.74) is 3.80. The lowest BCUT2D eigenvalue weighted by Gasteiger charge is -2.20. The summed E-state index contributed by atoms with van der Waals surface area (Å²) >= 11 is 0. The predicted molar refractivity (Wildman–Crippen MR) is 94.9 cm³/mol. The van der Waals surface area contributed by atoms with Crippen LogP contribution in [0.3, 0.4) is 0 Å². The maximum absolute atomic E-state index is 13.0. The first-order valence-corrected chi connectivity index (χ1v) is 8.35. The minimum Gasteiger partial charge on any atom is -0.287 e. The number of aryl methyl sites for hydroxylation is 1. The van der Waals surface area contributed by atoms with Crippen LogP contribution in [0.1, 0.15) is 40.0 Å². The Kier molecular flexibility index (Phi) is 3.76. The Hall–Kier alpha value is -3.08. The molecule has 1 aromatic heterocycles. The second kappa shape index (κ2) is 6.09. The van der Waals surface area contributed by atoms with Crippen molar-refractivity contribution in [2.24, 2.45) is 0 Å². The third-order valence-corrected chi connectivity index (χ3v) is 4.75. The molecule has 5 heteroatoms. The van der Waals surface area contributed by atoms with Gasteiger partial charge >= 0.3 is 0 Å². The molecule has 4 rings (SSSR count). The number of hydrogen-bond acceptors (Lipinski definition) is 4. The Morgan fingerprint density at radius 1 is 1.00 bits per heavy atom. The van der Waals surface area contributed by atoms with Gasteiger partial charge in [-0.3, -0.25) is 14.9 Å². The second-order valence-corrected chi connectivity index (χ2v) is 6.28. The van der Waals surface area contributed by atoms with E-state index in [9.17, 15) is 14.9 Å². The summed E-state index contributed by atoms with van der Waals surface area (Å²) in [5, 5.41) is 11.9. The number of benzene rings is 2. The van der Waals surface area contributed by atoms with Crippen molar-refractivity contribution in [1.82, 2.24) is 4.98 Å². The van der Waals surface area contributed by atoms with E-state index in [0.717, 1.165) is 42.2 Å². The van der Waals surface area contributed by atoms with Crippen molar-refractivity contribution < 1.29 is 9.72 Å². The highest BCUT2D eigenvalue weighted by atomic mass is 16.6. The van der Waals surface area contributed by atoms with Crippen LogP contribution in [0.4, 0.5) is 5.69 Å². The van der Waals surface area contributed by atoms with Crippen molar-refractivity contribution in [3.05, 3.63) is 81.0 Å². The van der Waals surface area contributed by atoms with E-state index in [0.29, 0.717) is 16.8 Å². The number of rotatable bonds is 3. The Bertz CT molecular complexity index is 997. The number of carbonyl (C=O) groups excluding carboxylic acids is 1. The average Bonchev–Trinajstić information content (AvgIpc) is 2.67. The van der Waals surface area contributed by atoms with Crippen LogP contribution in [0.25, 0.3) is 10.9 Å². The molecule has 5 nitrogen and oxygen atoms in total. The predicted octanol–water partition coefficient (Wildman–Crippen LogP) is 4.25. The Morgan fingerprint density at radius 3 is 2.44 bits per heavy atom. The van der Waals surface area contributed by atoms with Crippen molar-refractivity contribution >= 4 is 22.4 Å². The molecule has 2 aromatic carbocycles. The van der Waals surface area contributed by atoms with E-state index in [1.165, 1.54) is 6.07 Å². The molecule has 0 amide bonds. The quantitative estimate of drug-likeness (QED) is 0.408. The Balaban J connectivity index is 1.95. The van der Waals surface area contributed by atoms with Crippen molar-refractivity contribution in [1.29, 1.82) is 0 Å². The topological polar surface area (TPSA) is 73.1 Å². The number of aromatic nitrogens is 1. The molecule has 1 heterocycles. The van der Waals surface area contributed by atoms with Gasteiger partial charge < -0.3 is 0 Å². The average molecular weight is 332 g/mol. The fourth-order valence-corrected chi connectivity index (χ4v) is 3.54. The maximum Gasteiger partial charge on any atom is 0.270 e. The first-order chi connectivity index (χ1) is 12.1. The van der Waals surface area contributed by atoms with Crippen LogP contribution >= 0.6 is 0 Å². The van der Waals surface area contributed by atoms with Crippen LogP contribution in [0.5, 0.6) is 0 Å². The number of nitrogens with zero attached hydrogens (tertiary/aromatic N) is 2. The van der Waals surface area contributed by atoms with E-state index in [1.54, 1.807) is 24.3 Å². The van der Waals surface area contributed by atoms with Gasteiger partial charge in [-0.05, 0) is 42.9 Å². The summed E-state index contributed by atoms with van der Waals surface area (Å²) in [5.74, 6) is -0.0843. The maximum atomic E-state index is 13.0. The third kappa shape index (κ3) is 2.67. The van der Waals surface area contributed by atoms with Crippen LogP contribution in [-0.4, -0.2) is 15.7 Å². The highest BCUT2D eigenvalue weighted by Crippen LogP contribution is 2.33. The molecule has 3 aromatic rings. The van der Waals surface area contributed by atoms with Gasteiger partial charge in [-0.1, -0.05) is 30.3 Å². The van der Waals surface area contributed by atoms with Gasteiger partial charge in [0.05, 0.1) is 10.4 Å². The Morgan fingerprint density at radius 2 is 1.72 bits per heavy atom. The molecular formula is C20H16N2O3. The van der Waals surface area contributed by atoms with E-state index in [4.69, 9.17) is 0 Å². The molecule has 0 spiro atoms. The molecule has 124 valence electrons. The zero-order valence-corrected chi connectivity index (χ0v) is 13.6. The van der Waals surface area contributed by atoms with Gasteiger partial charge in [0.2, 0.25) is 5.78 Å². The van der Waals surface area contributed by atoms with E-state index in [-0.39, 0.29) is 11.5 Å². The molecule has 0 saturated heterocycles. The van der Waals surface area contributed by atoms with Gasteiger partial charge in [-0.25, -0.2) is 4.98 Å². The number of carbonyl (C=O) groups is 1. The second-order valence-electron chi connectivity index (χ2n) is 6.28. The molecule has 25 heavy (non-hydrogen) atoms. The van der Waals surface area contributed by atoms with Crippen molar-refractivity contribution in [3.8, 4) is 0 Å². The minimum atomic E-state index is -0.391. The van der Waals surface area contributed by atoms with Crippen LogP contribution in [0.2, 0.25) is 0 Å². The summed E-state index contributed by atoms with van der Waals surface area (Å²) in [7, 11) is 0. The van der Waals surface area contributed by atoms with Gasteiger partial charge in [0, 0.05) is 23.1 Å². The van der Waals surface area contributed by atoms with Gasteiger partial charge in [-0.2, -0.15) is 0 Å². The fraction of sp³-hybridized carbons (Fsp3) is 0.200. The van der Waals surface area contributed by atoms with Crippen molar-refractivity contribution in [3.63, 3.8) is 0 Å². The van der Waals surface area contributed by atoms with Crippen LogP contribution in [0.15, 0.2) is 48.5 Å². The molecule has 0 bridgehead atoms. The molecule has 1 aliphatic carbocycles. The zero-order chi connectivity index (χ0) is 17.4. The standard InChI is InChI=1S/C20H16N2O3/c23-20(13-6-2-1-3-7-13)19-16-9-5-4-8-15(16)17-12-14(22(24)25)10-11-18(17)21-19/h1-3,6-7,10-12H,4-5,8-9H2. The van der Waals surface area contributed by atoms with E-state index < -0.39 is 4.92 Å². The van der Waals surface area contributed by atoms with Crippen molar-refractivity contribution in [2.75, 3.05) is 0 Å². The SMILES string of the molecule is O=C(c1ccccc1)c1nc2ccc([N+](=O)[O-])cc2c2c1CCCC2. The molecule has 1 aliphatic rings. The van der Waals surface area contributed by atoms with Gasteiger partial charge in [0.25, 0.3) is 5.69 Å². The summed E-state index contributed by atoms with van der Waals surface area (Å²) in [6.07, 6.45) is 3.64. The van der Waals surface area contributed by atoms with Crippen LogP contribution in [0, 0.1) is 10.1 Å². The molecule has 0 saturated carbocycles. The zero-order valence-electron chi connectivity index (χ0n) is 13.6. The fourth-order valence-electron chi connectivity index (χ4n) is 3.54. The first kappa shape index (κ1) is 15.4. The number of nitro benzene ring substituents is 1. The monoisotopic (exact) mass is 332 g/mol. The highest BCUT2D eigenvalue weighted by Gasteiger charge is 2.24.